The van der Waals surface area contributed by atoms with Crippen LogP contribution in [0.15, 0.2) is 47.8 Å². The van der Waals surface area contributed by atoms with E-state index >= 15 is 0 Å². The summed E-state index contributed by atoms with van der Waals surface area (Å²) in [6.45, 7) is 0. The average molecular weight is 293 g/mol. The number of aromatic nitrogens is 5. The molecule has 108 valence electrons. The predicted molar refractivity (Wildman–Crippen MR) is 80.5 cm³/mol. The van der Waals surface area contributed by atoms with Gasteiger partial charge in [0.15, 0.2) is 5.82 Å². The maximum atomic E-state index is 12.5. The minimum absolute atomic E-state index is 0.232. The third-order valence-electron chi connectivity index (χ3n) is 3.50. The molecule has 2 aliphatic rings. The number of hydrogen-bond acceptors (Lipinski definition) is 5. The summed E-state index contributed by atoms with van der Waals surface area (Å²) in [5.74, 6) is 1.13. The first-order valence-electron chi connectivity index (χ1n) is 6.62. The van der Waals surface area contributed by atoms with Crippen molar-refractivity contribution < 1.29 is 4.74 Å². The summed E-state index contributed by atoms with van der Waals surface area (Å²) in [5.41, 5.74) is 1.73. The zero-order chi connectivity index (χ0) is 15.1. The van der Waals surface area contributed by atoms with E-state index in [2.05, 4.69) is 20.1 Å². The average Bonchev–Trinajstić information content (AvgIpc) is 2.92. The Morgan fingerprint density at radius 1 is 1.27 bits per heavy atom. The first kappa shape index (κ1) is 12.5. The van der Waals surface area contributed by atoms with Crippen LogP contribution in [0.25, 0.3) is 28.0 Å². The van der Waals surface area contributed by atoms with E-state index in [1.54, 1.807) is 19.5 Å². The molecule has 7 nitrogen and oxygen atoms in total. The molecule has 4 rings (SSSR count). The molecule has 0 bridgehead atoms. The maximum Gasteiger partial charge on any atom is 0.283 e. The minimum Gasteiger partial charge on any atom is -0.497 e. The summed E-state index contributed by atoms with van der Waals surface area (Å²) in [5, 5.41) is 5.25. The molecule has 2 aromatic rings. The summed E-state index contributed by atoms with van der Waals surface area (Å²) < 4.78 is 6.47. The zero-order valence-corrected chi connectivity index (χ0v) is 11.6. The Labute approximate surface area is 124 Å². The number of hydrogen-bond donors (Lipinski definition) is 1. The number of ether oxygens (including phenoxy) is 1. The lowest BCUT2D eigenvalue weighted by Crippen LogP contribution is -2.15. The molecule has 0 atom stereocenters. The quantitative estimate of drug-likeness (QED) is 0.607. The van der Waals surface area contributed by atoms with E-state index in [-0.39, 0.29) is 5.56 Å². The first-order chi connectivity index (χ1) is 10.8. The molecule has 0 saturated heterocycles. The second-order valence-corrected chi connectivity index (χ2v) is 4.74. The molecule has 0 saturated carbocycles. The van der Waals surface area contributed by atoms with E-state index < -0.39 is 0 Å². The second-order valence-electron chi connectivity index (χ2n) is 4.74. The van der Waals surface area contributed by atoms with Crippen LogP contribution in [0.3, 0.4) is 0 Å². The highest BCUT2D eigenvalue weighted by atomic mass is 16.5. The van der Waals surface area contributed by atoms with Crippen molar-refractivity contribution >= 4 is 10.9 Å². The fourth-order valence-corrected chi connectivity index (χ4v) is 2.43. The Hall–Kier alpha value is -3.22. The Morgan fingerprint density at radius 2 is 2.18 bits per heavy atom. The summed E-state index contributed by atoms with van der Waals surface area (Å²) in [6.07, 6.45) is 6.23. The molecule has 1 aromatic heterocycles. The molecule has 0 aliphatic carbocycles. The van der Waals surface area contributed by atoms with E-state index in [1.165, 1.54) is 17.1 Å². The van der Waals surface area contributed by atoms with Crippen molar-refractivity contribution in [2.24, 2.45) is 0 Å². The Kier molecular flexibility index (Phi) is 2.65. The lowest BCUT2D eigenvalue weighted by atomic mass is 10.1. The van der Waals surface area contributed by atoms with Gasteiger partial charge >= 0.3 is 0 Å². The largest absolute Gasteiger partial charge is 0.497 e. The summed E-state index contributed by atoms with van der Waals surface area (Å²) >= 11 is 0. The summed E-state index contributed by atoms with van der Waals surface area (Å²) in [4.78, 5) is 23.7. The maximum absolute atomic E-state index is 12.5. The number of pyridine rings is 1. The van der Waals surface area contributed by atoms with Crippen LogP contribution < -0.4 is 10.3 Å². The van der Waals surface area contributed by atoms with Gasteiger partial charge in [0.2, 0.25) is 0 Å². The van der Waals surface area contributed by atoms with E-state index in [0.29, 0.717) is 17.1 Å². The molecule has 3 heterocycles. The van der Waals surface area contributed by atoms with Gasteiger partial charge in [0, 0.05) is 30.0 Å². The van der Waals surface area contributed by atoms with Crippen molar-refractivity contribution in [3.63, 3.8) is 0 Å². The van der Waals surface area contributed by atoms with Gasteiger partial charge in [-0.05, 0) is 12.1 Å². The number of aromatic amines is 1. The van der Waals surface area contributed by atoms with Crippen molar-refractivity contribution in [2.45, 2.75) is 0 Å². The fourth-order valence-electron chi connectivity index (χ4n) is 2.43. The number of fused-ring (bicyclic) bond motifs is 3. The third-order valence-corrected chi connectivity index (χ3v) is 3.50. The van der Waals surface area contributed by atoms with Crippen LogP contribution in [0.4, 0.5) is 0 Å². The molecule has 1 aromatic carbocycles. The Bertz CT molecular complexity index is 990. The second kappa shape index (κ2) is 4.66. The van der Waals surface area contributed by atoms with E-state index in [1.807, 2.05) is 18.2 Å². The van der Waals surface area contributed by atoms with Crippen LogP contribution in [-0.4, -0.2) is 31.8 Å². The van der Waals surface area contributed by atoms with Gasteiger partial charge < -0.3 is 9.72 Å². The number of methoxy groups -OCH3 is 1. The summed E-state index contributed by atoms with van der Waals surface area (Å²) in [7, 11) is 1.61. The molecule has 0 unspecified atom stereocenters. The molecule has 0 spiro atoms. The van der Waals surface area contributed by atoms with E-state index in [9.17, 15) is 4.79 Å². The van der Waals surface area contributed by atoms with Gasteiger partial charge in [0.05, 0.1) is 24.4 Å². The van der Waals surface area contributed by atoms with Crippen LogP contribution >= 0.6 is 0 Å². The van der Waals surface area contributed by atoms with Crippen LogP contribution in [-0.2, 0) is 0 Å². The molecule has 7 heteroatoms. The van der Waals surface area contributed by atoms with Gasteiger partial charge in [-0.2, -0.15) is 9.78 Å². The SMILES string of the molecule is COc1ccc2c3nn(-c4cnccn4)c(=O)c-3c[nH]c2c1. The molecule has 2 aliphatic heterocycles. The fraction of sp³-hybridized carbons (Fsp3) is 0.0667. The topological polar surface area (TPSA) is 85.7 Å². The van der Waals surface area contributed by atoms with Crippen LogP contribution in [0, 0.1) is 0 Å². The van der Waals surface area contributed by atoms with Gasteiger partial charge in [-0.15, -0.1) is 0 Å². The monoisotopic (exact) mass is 293 g/mol. The normalized spacial score (nSPS) is 11.1. The van der Waals surface area contributed by atoms with Crippen LogP contribution in [0.1, 0.15) is 0 Å². The van der Waals surface area contributed by atoms with Crippen molar-refractivity contribution in [3.8, 4) is 22.8 Å². The van der Waals surface area contributed by atoms with Gasteiger partial charge in [-0.3, -0.25) is 9.78 Å². The smallest absolute Gasteiger partial charge is 0.283 e. The first-order valence-corrected chi connectivity index (χ1v) is 6.62. The Morgan fingerprint density at radius 3 is 2.95 bits per heavy atom. The number of H-pyrrole nitrogens is 1. The lowest BCUT2D eigenvalue weighted by molar-refractivity contribution is 0.415. The predicted octanol–water partition coefficient (Wildman–Crippen LogP) is 1.62. The van der Waals surface area contributed by atoms with Gasteiger partial charge in [-0.25, -0.2) is 4.98 Å². The zero-order valence-electron chi connectivity index (χ0n) is 11.6. The molecule has 0 amide bonds. The van der Waals surface area contributed by atoms with Crippen LogP contribution in [0.2, 0.25) is 0 Å². The standard InChI is InChI=1S/C15H11N5O2/c1-22-9-2-3-10-12(6-9)18-7-11-14(10)19-20(15(11)21)13-8-16-4-5-17-13/h2-8,18H,1H3. The lowest BCUT2D eigenvalue weighted by Gasteiger charge is -2.05. The number of benzene rings is 1. The summed E-state index contributed by atoms with van der Waals surface area (Å²) in [6, 6.07) is 5.57. The molecular formula is C15H11N5O2. The Balaban J connectivity index is 2.03. The number of rotatable bonds is 2. The van der Waals surface area contributed by atoms with Crippen molar-refractivity contribution in [2.75, 3.05) is 7.11 Å². The highest BCUT2D eigenvalue weighted by molar-refractivity contribution is 5.93. The molecule has 22 heavy (non-hydrogen) atoms. The highest BCUT2D eigenvalue weighted by Gasteiger charge is 2.19. The van der Waals surface area contributed by atoms with Crippen LogP contribution in [0.5, 0.6) is 5.75 Å². The van der Waals surface area contributed by atoms with Crippen molar-refractivity contribution in [1.82, 2.24) is 24.7 Å². The van der Waals surface area contributed by atoms with Gasteiger partial charge in [0.25, 0.3) is 5.56 Å². The number of nitrogens with one attached hydrogen (secondary N) is 1. The molecule has 0 fully saturated rings. The molecular weight excluding hydrogens is 282 g/mol. The van der Waals surface area contributed by atoms with E-state index in [4.69, 9.17) is 4.74 Å². The number of nitrogens with zero attached hydrogens (tertiary/aromatic N) is 4. The minimum atomic E-state index is -0.232. The highest BCUT2D eigenvalue weighted by Crippen LogP contribution is 2.28. The van der Waals surface area contributed by atoms with Gasteiger partial charge in [-0.1, -0.05) is 0 Å². The van der Waals surface area contributed by atoms with Gasteiger partial charge in [0.1, 0.15) is 11.4 Å². The molecule has 1 N–H and O–H groups in total. The van der Waals surface area contributed by atoms with Crippen molar-refractivity contribution in [1.29, 1.82) is 0 Å². The third kappa shape index (κ3) is 1.76. The van der Waals surface area contributed by atoms with Crippen molar-refractivity contribution in [3.05, 3.63) is 53.3 Å². The molecule has 0 radical (unpaired) electrons. The van der Waals surface area contributed by atoms with E-state index in [0.717, 1.165) is 16.7 Å².